The van der Waals surface area contributed by atoms with Gasteiger partial charge in [-0.3, -0.25) is 10.2 Å². The second kappa shape index (κ2) is 13.2. The van der Waals surface area contributed by atoms with Gasteiger partial charge in [0.2, 0.25) is 0 Å². The van der Waals surface area contributed by atoms with Crippen LogP contribution in [0.2, 0.25) is 0 Å². The van der Waals surface area contributed by atoms with E-state index >= 15 is 0 Å². The predicted octanol–water partition coefficient (Wildman–Crippen LogP) is 4.82. The first-order valence-corrected chi connectivity index (χ1v) is 12.9. The van der Waals surface area contributed by atoms with E-state index in [4.69, 9.17) is 18.9 Å². The van der Waals surface area contributed by atoms with Crippen LogP contribution >= 0.6 is 0 Å². The fourth-order valence-corrected chi connectivity index (χ4v) is 5.09. The molecule has 0 aliphatic carbocycles. The quantitative estimate of drug-likeness (QED) is 0.443. The Morgan fingerprint density at radius 1 is 1.16 bits per heavy atom. The van der Waals surface area contributed by atoms with Gasteiger partial charge >= 0.3 is 6.09 Å². The molecule has 5 atom stereocenters. The number of rotatable bonds is 10. The molecule has 0 spiro atoms. The monoisotopic (exact) mass is 510 g/mol. The summed E-state index contributed by atoms with van der Waals surface area (Å²) in [6, 6.07) is 15.7. The maximum Gasteiger partial charge on any atom is 0.411 e. The van der Waals surface area contributed by atoms with Crippen LogP contribution in [0.25, 0.3) is 0 Å². The van der Waals surface area contributed by atoms with Crippen molar-refractivity contribution in [3.05, 3.63) is 77.9 Å². The second-order valence-electron chi connectivity index (χ2n) is 9.70. The highest BCUT2D eigenvalue weighted by Gasteiger charge is 2.40. The van der Waals surface area contributed by atoms with Gasteiger partial charge in [0.25, 0.3) is 0 Å². The summed E-state index contributed by atoms with van der Waals surface area (Å²) in [7, 11) is 1.75. The Morgan fingerprint density at radius 3 is 2.57 bits per heavy atom. The Bertz CT molecular complexity index is 1010. The molecule has 8 heteroatoms. The van der Waals surface area contributed by atoms with Crippen LogP contribution in [0.5, 0.6) is 0 Å². The molecule has 2 aliphatic rings. The van der Waals surface area contributed by atoms with Crippen LogP contribution in [0.3, 0.4) is 0 Å². The number of carbonyl (C=O) groups is 1. The smallest absolute Gasteiger partial charge is 0.411 e. The van der Waals surface area contributed by atoms with E-state index in [9.17, 15) is 9.90 Å². The number of anilines is 1. The largest absolute Gasteiger partial charge is 0.445 e. The molecule has 2 aliphatic heterocycles. The minimum Gasteiger partial charge on any atom is -0.445 e. The van der Waals surface area contributed by atoms with Gasteiger partial charge in [0, 0.05) is 36.9 Å². The van der Waals surface area contributed by atoms with E-state index in [1.54, 1.807) is 7.11 Å². The molecule has 1 amide bonds. The predicted molar refractivity (Wildman–Crippen MR) is 141 cm³/mol. The van der Waals surface area contributed by atoms with Crippen LogP contribution in [0, 0.1) is 5.92 Å². The van der Waals surface area contributed by atoms with Crippen molar-refractivity contribution >= 4 is 11.8 Å². The summed E-state index contributed by atoms with van der Waals surface area (Å²) < 4.78 is 23.6. The van der Waals surface area contributed by atoms with Gasteiger partial charge in [-0.05, 0) is 42.6 Å². The highest BCUT2D eigenvalue weighted by Crippen LogP contribution is 2.42. The average Bonchev–Trinajstić information content (AvgIpc) is 3.36. The molecular weight excluding hydrogens is 472 g/mol. The average molecular weight is 511 g/mol. The molecule has 2 N–H and O–H groups in total. The van der Waals surface area contributed by atoms with E-state index in [1.165, 1.54) is 6.08 Å². The zero-order chi connectivity index (χ0) is 26.2. The lowest BCUT2D eigenvalue weighted by Crippen LogP contribution is -2.46. The van der Waals surface area contributed by atoms with Gasteiger partial charge in [0.15, 0.2) is 6.29 Å². The van der Waals surface area contributed by atoms with E-state index in [1.807, 2.05) is 48.5 Å². The van der Waals surface area contributed by atoms with Crippen molar-refractivity contribution in [1.82, 2.24) is 4.90 Å². The summed E-state index contributed by atoms with van der Waals surface area (Å²) in [6.07, 6.45) is 2.49. The Kier molecular flexibility index (Phi) is 9.71. The molecule has 0 radical (unpaired) electrons. The van der Waals surface area contributed by atoms with Crippen molar-refractivity contribution < 1.29 is 28.8 Å². The van der Waals surface area contributed by atoms with Crippen molar-refractivity contribution in [2.45, 2.75) is 50.9 Å². The normalized spacial score (nSPS) is 26.1. The minimum absolute atomic E-state index is 0.00703. The van der Waals surface area contributed by atoms with Crippen LogP contribution in [0.15, 0.2) is 61.2 Å². The van der Waals surface area contributed by atoms with E-state index in [-0.39, 0.29) is 31.3 Å². The number of hydrogen-bond donors (Lipinski definition) is 2. The third-order valence-corrected chi connectivity index (χ3v) is 7.16. The number of aliphatic hydroxyl groups excluding tert-OH is 1. The zero-order valence-electron chi connectivity index (χ0n) is 21.7. The van der Waals surface area contributed by atoms with Gasteiger partial charge in [0.1, 0.15) is 6.61 Å². The number of amides is 1. The summed E-state index contributed by atoms with van der Waals surface area (Å²) in [5, 5.41) is 12.2. The van der Waals surface area contributed by atoms with Crippen molar-refractivity contribution in [3.8, 4) is 0 Å². The Balaban J connectivity index is 1.53. The standard InChI is InChI=1S/C29H38N2O6/c1-4-16-35-29(33)30-24-13-11-23(12-14-24)28-36-26(17-31-15-5-6-25(31)19-34-3)20(2)27(37-28)22-9-7-21(18-32)8-10-22/h4,7-14,20,25-28,32H,1,5-6,15-19H2,2-3H3,(H,30,33)/t20-,25-,26+,27+,28+/m0/s1. The minimum atomic E-state index is -0.561. The molecule has 37 heavy (non-hydrogen) atoms. The Labute approximate surface area is 219 Å². The summed E-state index contributed by atoms with van der Waals surface area (Å²) in [5.74, 6) is 0.112. The van der Waals surface area contributed by atoms with E-state index in [2.05, 4.69) is 23.7 Å². The van der Waals surface area contributed by atoms with E-state index in [0.717, 1.165) is 49.2 Å². The Hall–Kier alpha value is -2.75. The molecule has 0 saturated carbocycles. The molecular formula is C29H38N2O6. The number of methoxy groups -OCH3 is 1. The number of nitrogens with zero attached hydrogens (tertiary/aromatic N) is 1. The molecule has 2 heterocycles. The van der Waals surface area contributed by atoms with Crippen molar-refractivity contribution in [1.29, 1.82) is 0 Å². The highest BCUT2D eigenvalue weighted by molar-refractivity contribution is 5.84. The number of carbonyl (C=O) groups excluding carboxylic acids is 1. The lowest BCUT2D eigenvalue weighted by molar-refractivity contribution is -0.276. The van der Waals surface area contributed by atoms with Crippen LogP contribution in [0.1, 0.15) is 48.8 Å². The van der Waals surface area contributed by atoms with Crippen LogP contribution in [-0.2, 0) is 25.6 Å². The Morgan fingerprint density at radius 2 is 1.89 bits per heavy atom. The van der Waals surface area contributed by atoms with Crippen molar-refractivity contribution in [2.24, 2.45) is 5.92 Å². The molecule has 0 unspecified atom stereocenters. The summed E-state index contributed by atoms with van der Waals surface area (Å²) >= 11 is 0. The van der Waals surface area contributed by atoms with Gasteiger partial charge in [-0.1, -0.05) is 56.0 Å². The van der Waals surface area contributed by atoms with Crippen molar-refractivity contribution in [2.75, 3.05) is 38.7 Å². The first kappa shape index (κ1) is 27.3. The maximum absolute atomic E-state index is 11.9. The molecule has 2 aromatic carbocycles. The van der Waals surface area contributed by atoms with Crippen LogP contribution in [0.4, 0.5) is 10.5 Å². The molecule has 2 aromatic rings. The summed E-state index contributed by atoms with van der Waals surface area (Å²) in [6.45, 7) is 8.43. The lowest BCUT2D eigenvalue weighted by atomic mass is 9.90. The summed E-state index contributed by atoms with van der Waals surface area (Å²) in [4.78, 5) is 14.3. The van der Waals surface area contributed by atoms with Gasteiger partial charge in [-0.2, -0.15) is 0 Å². The fourth-order valence-electron chi connectivity index (χ4n) is 5.09. The van der Waals surface area contributed by atoms with Crippen LogP contribution in [-0.4, -0.2) is 61.7 Å². The van der Waals surface area contributed by atoms with Gasteiger partial charge in [-0.25, -0.2) is 4.79 Å². The molecule has 0 bridgehead atoms. The SMILES string of the molecule is C=CCOC(=O)Nc1ccc([C@@H]2O[C@H](CN3CCC[C@H]3COC)[C@H](C)[C@H](c3ccc(CO)cc3)O2)cc1. The molecule has 0 aromatic heterocycles. The number of likely N-dealkylation sites (tertiary alicyclic amines) is 1. The van der Waals surface area contributed by atoms with Crippen LogP contribution < -0.4 is 5.32 Å². The van der Waals surface area contributed by atoms with E-state index < -0.39 is 12.4 Å². The third kappa shape index (κ3) is 6.97. The van der Waals surface area contributed by atoms with E-state index in [0.29, 0.717) is 11.7 Å². The third-order valence-electron chi connectivity index (χ3n) is 7.16. The molecule has 200 valence electrons. The van der Waals surface area contributed by atoms with Crippen molar-refractivity contribution in [3.63, 3.8) is 0 Å². The maximum atomic E-state index is 11.9. The fraction of sp³-hybridized carbons (Fsp3) is 0.483. The first-order chi connectivity index (χ1) is 18.0. The number of benzene rings is 2. The number of ether oxygens (including phenoxy) is 4. The second-order valence-corrected chi connectivity index (χ2v) is 9.70. The van der Waals surface area contributed by atoms with Gasteiger partial charge in [0.05, 0.1) is 25.4 Å². The number of hydrogen-bond acceptors (Lipinski definition) is 7. The molecule has 8 nitrogen and oxygen atoms in total. The summed E-state index contributed by atoms with van der Waals surface area (Å²) in [5.41, 5.74) is 3.41. The molecule has 2 saturated heterocycles. The first-order valence-electron chi connectivity index (χ1n) is 12.9. The van der Waals surface area contributed by atoms with Gasteiger partial charge < -0.3 is 24.1 Å². The van der Waals surface area contributed by atoms with Gasteiger partial charge in [-0.15, -0.1) is 0 Å². The molecule has 2 fully saturated rings. The number of aliphatic hydroxyl groups is 1. The number of nitrogens with one attached hydrogen (secondary N) is 1. The zero-order valence-corrected chi connectivity index (χ0v) is 21.7. The highest BCUT2D eigenvalue weighted by atomic mass is 16.7. The lowest BCUT2D eigenvalue weighted by Gasteiger charge is -2.43. The molecule has 4 rings (SSSR count). The topological polar surface area (TPSA) is 89.5 Å².